The second-order valence-electron chi connectivity index (χ2n) is 4.15. The van der Waals surface area contributed by atoms with E-state index in [-0.39, 0.29) is 6.42 Å². The first-order valence-electron chi connectivity index (χ1n) is 6.14. The highest BCUT2D eigenvalue weighted by Crippen LogP contribution is 2.17. The quantitative estimate of drug-likeness (QED) is 0.803. The van der Waals surface area contributed by atoms with Gasteiger partial charge in [-0.1, -0.05) is 19.4 Å². The van der Waals surface area contributed by atoms with Gasteiger partial charge in [0.25, 0.3) is 0 Å². The Hall–Kier alpha value is -2.02. The van der Waals surface area contributed by atoms with Gasteiger partial charge in [-0.15, -0.1) is 0 Å². The lowest BCUT2D eigenvalue weighted by Gasteiger charge is -2.24. The van der Waals surface area contributed by atoms with Gasteiger partial charge in [-0.05, 0) is 24.6 Å². The molecule has 96 valence electrons. The zero-order chi connectivity index (χ0) is 13.4. The first-order chi connectivity index (χ1) is 8.67. The summed E-state index contributed by atoms with van der Waals surface area (Å²) in [6.45, 7) is 3.39. The van der Waals surface area contributed by atoms with Gasteiger partial charge in [-0.25, -0.2) is 0 Å². The molecule has 0 spiro atoms. The molecule has 0 heterocycles. The molecule has 4 heteroatoms. The van der Waals surface area contributed by atoms with Gasteiger partial charge in [0, 0.05) is 18.8 Å². The number of nitrogens with zero attached hydrogens (tertiary/aromatic N) is 2. The van der Waals surface area contributed by atoms with Gasteiger partial charge in [0.1, 0.15) is 0 Å². The van der Waals surface area contributed by atoms with Gasteiger partial charge in [-0.3, -0.25) is 4.79 Å². The number of carboxylic acid groups (broad SMARTS) is 1. The molecular weight excluding hydrogens is 228 g/mol. The van der Waals surface area contributed by atoms with Crippen molar-refractivity contribution >= 4 is 11.7 Å². The molecule has 1 aromatic carbocycles. The van der Waals surface area contributed by atoms with Crippen LogP contribution in [0.3, 0.4) is 0 Å². The molecule has 0 saturated heterocycles. The Morgan fingerprint density at radius 2 is 2.22 bits per heavy atom. The first kappa shape index (κ1) is 14.0. The van der Waals surface area contributed by atoms with E-state index in [1.807, 2.05) is 17.0 Å². The molecule has 0 aromatic heterocycles. The van der Waals surface area contributed by atoms with Crippen molar-refractivity contribution in [3.63, 3.8) is 0 Å². The van der Waals surface area contributed by atoms with E-state index >= 15 is 0 Å². The molecule has 0 aliphatic rings. The van der Waals surface area contributed by atoms with Crippen LogP contribution in [-0.2, 0) is 4.79 Å². The van der Waals surface area contributed by atoms with Crippen LogP contribution in [0.5, 0.6) is 0 Å². The van der Waals surface area contributed by atoms with E-state index in [1.54, 1.807) is 12.1 Å². The number of rotatable bonds is 7. The van der Waals surface area contributed by atoms with Crippen LogP contribution in [0.1, 0.15) is 31.7 Å². The van der Waals surface area contributed by atoms with Crippen molar-refractivity contribution in [1.29, 1.82) is 5.26 Å². The molecule has 0 atom stereocenters. The molecule has 0 amide bonds. The van der Waals surface area contributed by atoms with Gasteiger partial charge < -0.3 is 10.0 Å². The summed E-state index contributed by atoms with van der Waals surface area (Å²) in [5.41, 5.74) is 1.52. The molecule has 0 aliphatic heterocycles. The lowest BCUT2D eigenvalue weighted by atomic mass is 10.2. The molecule has 0 bridgehead atoms. The van der Waals surface area contributed by atoms with Crippen LogP contribution < -0.4 is 4.90 Å². The average Bonchev–Trinajstić information content (AvgIpc) is 2.38. The third-order valence-corrected chi connectivity index (χ3v) is 2.72. The average molecular weight is 246 g/mol. The minimum absolute atomic E-state index is 0.112. The van der Waals surface area contributed by atoms with Crippen LogP contribution in [-0.4, -0.2) is 24.2 Å². The second kappa shape index (κ2) is 7.33. The molecule has 0 unspecified atom stereocenters. The summed E-state index contributed by atoms with van der Waals surface area (Å²) in [7, 11) is 0. The molecule has 0 fully saturated rings. The molecule has 1 N–H and O–H groups in total. The van der Waals surface area contributed by atoms with Gasteiger partial charge in [0.15, 0.2) is 0 Å². The monoisotopic (exact) mass is 246 g/mol. The molecule has 4 nitrogen and oxygen atoms in total. The highest BCUT2D eigenvalue weighted by atomic mass is 16.4. The van der Waals surface area contributed by atoms with Crippen molar-refractivity contribution in [1.82, 2.24) is 0 Å². The third kappa shape index (κ3) is 4.46. The predicted molar refractivity (Wildman–Crippen MR) is 70.5 cm³/mol. The van der Waals surface area contributed by atoms with Gasteiger partial charge in [0.2, 0.25) is 0 Å². The lowest BCUT2D eigenvalue weighted by Crippen LogP contribution is -2.27. The van der Waals surface area contributed by atoms with Crippen LogP contribution >= 0.6 is 0 Å². The molecular formula is C14H18N2O2. The number of aliphatic carboxylic acids is 1. The molecule has 0 aliphatic carbocycles. The Morgan fingerprint density at radius 3 is 2.83 bits per heavy atom. The SMILES string of the molecule is CCCCN(CCC(=O)O)c1cccc(C#N)c1. The number of benzene rings is 1. The maximum absolute atomic E-state index is 10.7. The Morgan fingerprint density at radius 1 is 1.44 bits per heavy atom. The fourth-order valence-corrected chi connectivity index (χ4v) is 1.72. The van der Waals surface area contributed by atoms with Crippen LogP contribution in [0.4, 0.5) is 5.69 Å². The highest BCUT2D eigenvalue weighted by molar-refractivity contribution is 5.67. The van der Waals surface area contributed by atoms with Crippen molar-refractivity contribution in [3.8, 4) is 6.07 Å². The lowest BCUT2D eigenvalue weighted by molar-refractivity contribution is -0.136. The number of anilines is 1. The van der Waals surface area contributed by atoms with Crippen molar-refractivity contribution in [2.75, 3.05) is 18.0 Å². The Balaban J connectivity index is 2.79. The topological polar surface area (TPSA) is 64.3 Å². The highest BCUT2D eigenvalue weighted by Gasteiger charge is 2.08. The first-order valence-corrected chi connectivity index (χ1v) is 6.14. The summed E-state index contributed by atoms with van der Waals surface area (Å²) in [4.78, 5) is 12.7. The third-order valence-electron chi connectivity index (χ3n) is 2.72. The summed E-state index contributed by atoms with van der Waals surface area (Å²) in [6, 6.07) is 9.39. The number of hydrogen-bond donors (Lipinski definition) is 1. The Labute approximate surface area is 107 Å². The summed E-state index contributed by atoms with van der Waals surface area (Å²) in [5.74, 6) is -0.798. The maximum Gasteiger partial charge on any atom is 0.305 e. The number of hydrogen-bond acceptors (Lipinski definition) is 3. The van der Waals surface area contributed by atoms with Gasteiger partial charge in [0.05, 0.1) is 18.1 Å². The zero-order valence-corrected chi connectivity index (χ0v) is 10.6. The minimum atomic E-state index is -0.798. The van der Waals surface area contributed by atoms with E-state index in [0.717, 1.165) is 25.1 Å². The zero-order valence-electron chi connectivity index (χ0n) is 10.6. The summed E-state index contributed by atoms with van der Waals surface area (Å²) < 4.78 is 0. The Bertz CT molecular complexity index is 438. The van der Waals surface area contributed by atoms with Crippen LogP contribution in [0.2, 0.25) is 0 Å². The van der Waals surface area contributed by atoms with Gasteiger partial charge in [-0.2, -0.15) is 5.26 Å². The van der Waals surface area contributed by atoms with Crippen molar-refractivity contribution in [2.24, 2.45) is 0 Å². The minimum Gasteiger partial charge on any atom is -0.481 e. The fourth-order valence-electron chi connectivity index (χ4n) is 1.72. The predicted octanol–water partition coefficient (Wildman–Crippen LogP) is 2.64. The summed E-state index contributed by atoms with van der Waals surface area (Å²) in [6.07, 6.45) is 2.18. The van der Waals surface area contributed by atoms with E-state index in [2.05, 4.69) is 13.0 Å². The van der Waals surface area contributed by atoms with Crippen LogP contribution in [0.15, 0.2) is 24.3 Å². The number of unbranched alkanes of at least 4 members (excludes halogenated alkanes) is 1. The number of nitriles is 1. The molecule has 0 radical (unpaired) electrons. The van der Waals surface area contributed by atoms with E-state index in [1.165, 1.54) is 0 Å². The fraction of sp³-hybridized carbons (Fsp3) is 0.429. The normalized spacial score (nSPS) is 9.78. The van der Waals surface area contributed by atoms with Crippen molar-refractivity contribution in [3.05, 3.63) is 29.8 Å². The van der Waals surface area contributed by atoms with E-state index in [9.17, 15) is 4.79 Å². The van der Waals surface area contributed by atoms with Gasteiger partial charge >= 0.3 is 5.97 Å². The second-order valence-corrected chi connectivity index (χ2v) is 4.15. The van der Waals surface area contributed by atoms with Crippen LogP contribution in [0, 0.1) is 11.3 Å². The van der Waals surface area contributed by atoms with Crippen molar-refractivity contribution in [2.45, 2.75) is 26.2 Å². The molecule has 0 saturated carbocycles. The van der Waals surface area contributed by atoms with Crippen molar-refractivity contribution < 1.29 is 9.90 Å². The maximum atomic E-state index is 10.7. The van der Waals surface area contributed by atoms with E-state index < -0.39 is 5.97 Å². The molecule has 1 aromatic rings. The summed E-state index contributed by atoms with van der Waals surface area (Å²) >= 11 is 0. The van der Waals surface area contributed by atoms with E-state index in [4.69, 9.17) is 10.4 Å². The number of carbonyl (C=O) groups is 1. The summed E-state index contributed by atoms with van der Waals surface area (Å²) in [5, 5.41) is 17.6. The molecule has 18 heavy (non-hydrogen) atoms. The number of carboxylic acids is 1. The largest absolute Gasteiger partial charge is 0.481 e. The van der Waals surface area contributed by atoms with E-state index in [0.29, 0.717) is 12.1 Å². The standard InChI is InChI=1S/C14H18N2O2/c1-2-3-8-16(9-7-14(17)18)13-6-4-5-12(10-13)11-15/h4-6,10H,2-3,7-9H2,1H3,(H,17,18). The van der Waals surface area contributed by atoms with Crippen LogP contribution in [0.25, 0.3) is 0 Å². The smallest absolute Gasteiger partial charge is 0.305 e. The molecule has 1 rings (SSSR count). The Kier molecular flexibility index (Phi) is 5.72.